The van der Waals surface area contributed by atoms with Crippen LogP contribution < -0.4 is 21.7 Å². The number of thiol groups is 1. The molecule has 4 atom stereocenters. The van der Waals surface area contributed by atoms with Crippen molar-refractivity contribution in [3.63, 3.8) is 0 Å². The largest absolute Gasteiger partial charge is 0.480 e. The number of hydrogen-bond acceptors (Lipinski definition) is 6. The van der Waals surface area contributed by atoms with Crippen molar-refractivity contribution in [2.24, 2.45) is 17.6 Å². The van der Waals surface area contributed by atoms with E-state index in [1.165, 1.54) is 0 Å². The van der Waals surface area contributed by atoms with Crippen molar-refractivity contribution in [2.45, 2.75) is 58.7 Å². The molecule has 0 aliphatic rings. The number of hydrogen-bond donors (Lipinski definition) is 6. The summed E-state index contributed by atoms with van der Waals surface area (Å²) in [5.74, 6) is -2.79. The lowest BCUT2D eigenvalue weighted by molar-refractivity contribution is -0.138. The zero-order chi connectivity index (χ0) is 21.1. The van der Waals surface area contributed by atoms with Crippen LogP contribution in [0, 0.1) is 11.8 Å². The average molecular weight is 405 g/mol. The molecule has 0 fully saturated rings. The minimum absolute atomic E-state index is 0.0219. The predicted molar refractivity (Wildman–Crippen MR) is 105 cm³/mol. The van der Waals surface area contributed by atoms with Crippen LogP contribution in [0.5, 0.6) is 0 Å². The van der Waals surface area contributed by atoms with Gasteiger partial charge >= 0.3 is 5.97 Å². The first-order chi connectivity index (χ1) is 12.5. The van der Waals surface area contributed by atoms with Gasteiger partial charge < -0.3 is 26.8 Å². The van der Waals surface area contributed by atoms with Crippen molar-refractivity contribution in [3.8, 4) is 0 Å². The summed E-state index contributed by atoms with van der Waals surface area (Å²) in [6, 6.07) is -2.62. The van der Waals surface area contributed by atoms with E-state index in [-0.39, 0.29) is 17.6 Å². The highest BCUT2D eigenvalue weighted by atomic mass is 32.1. The summed E-state index contributed by atoms with van der Waals surface area (Å²) >= 11 is 4.02. The fraction of sp³-hybridized carbons (Fsp3) is 0.765. The Bertz CT molecular complexity index is 529. The molecule has 3 amide bonds. The van der Waals surface area contributed by atoms with Gasteiger partial charge in [-0.3, -0.25) is 19.2 Å². The van der Waals surface area contributed by atoms with Gasteiger partial charge in [0.25, 0.3) is 0 Å². The summed E-state index contributed by atoms with van der Waals surface area (Å²) in [5.41, 5.74) is 5.92. The summed E-state index contributed by atoms with van der Waals surface area (Å²) in [7, 11) is 0. The van der Waals surface area contributed by atoms with E-state index in [0.29, 0.717) is 6.42 Å². The number of carboxylic acids is 1. The fourth-order valence-electron chi connectivity index (χ4n) is 2.24. The van der Waals surface area contributed by atoms with Gasteiger partial charge in [-0.15, -0.1) is 0 Å². The van der Waals surface area contributed by atoms with Crippen LogP contribution in [0.15, 0.2) is 0 Å². The molecule has 0 rings (SSSR count). The topological polar surface area (TPSA) is 151 Å². The van der Waals surface area contributed by atoms with Crippen molar-refractivity contribution in [1.82, 2.24) is 16.0 Å². The molecule has 0 spiro atoms. The number of nitrogens with two attached hydrogens (primary N) is 1. The first kappa shape index (κ1) is 25.2. The molecule has 0 heterocycles. The van der Waals surface area contributed by atoms with E-state index in [0.717, 1.165) is 6.42 Å². The molecule has 0 radical (unpaired) electrons. The average Bonchev–Trinajstić information content (AvgIpc) is 2.61. The first-order valence-electron chi connectivity index (χ1n) is 9.00. The van der Waals surface area contributed by atoms with E-state index in [2.05, 4.69) is 28.6 Å². The monoisotopic (exact) mass is 404 g/mol. The van der Waals surface area contributed by atoms with E-state index in [4.69, 9.17) is 10.8 Å². The molecule has 0 aromatic rings. The molecule has 4 unspecified atom stereocenters. The van der Waals surface area contributed by atoms with Crippen LogP contribution >= 0.6 is 12.6 Å². The maximum Gasteiger partial charge on any atom is 0.322 e. The van der Waals surface area contributed by atoms with Crippen molar-refractivity contribution in [2.75, 3.05) is 12.3 Å². The van der Waals surface area contributed by atoms with Gasteiger partial charge in [0.1, 0.15) is 18.6 Å². The normalized spacial score (nSPS) is 15.4. The number of carbonyl (C=O) groups is 4. The number of carboxylic acid groups (broad SMARTS) is 1. The third kappa shape index (κ3) is 9.62. The lowest BCUT2D eigenvalue weighted by atomic mass is 9.97. The highest BCUT2D eigenvalue weighted by Gasteiger charge is 2.29. The Balaban J connectivity index is 5.05. The summed E-state index contributed by atoms with van der Waals surface area (Å²) in [6.45, 7) is 7.01. The molecule has 0 aliphatic heterocycles. The molecular formula is C17H32N4O5S. The van der Waals surface area contributed by atoms with Gasteiger partial charge in [0.05, 0.1) is 6.04 Å². The number of rotatable bonds is 12. The highest BCUT2D eigenvalue weighted by Crippen LogP contribution is 2.09. The van der Waals surface area contributed by atoms with Crippen LogP contribution in [0.2, 0.25) is 0 Å². The Morgan fingerprint density at radius 3 is 2.00 bits per heavy atom. The number of amides is 3. The van der Waals surface area contributed by atoms with Crippen LogP contribution in [0.1, 0.15) is 40.5 Å². The molecule has 0 aromatic heterocycles. The molecule has 27 heavy (non-hydrogen) atoms. The second kappa shape index (κ2) is 12.6. The number of aliphatic carboxylic acids is 1. The maximum atomic E-state index is 12.6. The van der Waals surface area contributed by atoms with Crippen molar-refractivity contribution >= 4 is 36.3 Å². The van der Waals surface area contributed by atoms with E-state index >= 15 is 0 Å². The molecule has 0 aromatic carbocycles. The summed E-state index contributed by atoms with van der Waals surface area (Å²) in [4.78, 5) is 47.4. The molecule has 0 saturated heterocycles. The van der Waals surface area contributed by atoms with Crippen molar-refractivity contribution in [1.29, 1.82) is 0 Å². The summed E-state index contributed by atoms with van der Waals surface area (Å²) in [6.07, 6.45) is 1.09. The van der Waals surface area contributed by atoms with Crippen LogP contribution in [0.3, 0.4) is 0 Å². The van der Waals surface area contributed by atoms with Crippen LogP contribution in [0.4, 0.5) is 0 Å². The van der Waals surface area contributed by atoms with E-state index in [1.807, 2.05) is 27.7 Å². The van der Waals surface area contributed by atoms with Gasteiger partial charge in [-0.1, -0.05) is 34.1 Å². The van der Waals surface area contributed by atoms with Crippen LogP contribution in [-0.4, -0.2) is 59.2 Å². The van der Waals surface area contributed by atoms with Crippen LogP contribution in [0.25, 0.3) is 0 Å². The molecule has 0 aliphatic carbocycles. The minimum atomic E-state index is -1.20. The van der Waals surface area contributed by atoms with Gasteiger partial charge in [-0.05, 0) is 18.3 Å². The SMILES string of the molecule is CCC(C)C(N)C(=O)NC(CC(C)C)C(=O)NC(CS)C(=O)NCC(=O)O. The lowest BCUT2D eigenvalue weighted by Gasteiger charge is -2.25. The number of nitrogens with one attached hydrogen (secondary N) is 3. The van der Waals surface area contributed by atoms with Gasteiger partial charge in [-0.2, -0.15) is 12.6 Å². The van der Waals surface area contributed by atoms with Crippen LogP contribution in [-0.2, 0) is 19.2 Å². The molecule has 6 N–H and O–H groups in total. The third-order valence-electron chi connectivity index (χ3n) is 4.13. The summed E-state index contributed by atoms with van der Waals surface area (Å²) < 4.78 is 0. The molecular weight excluding hydrogens is 372 g/mol. The standard InChI is InChI=1S/C17H32N4O5S/c1-5-10(4)14(18)17(26)20-11(6-9(2)3)16(25)21-12(8-27)15(24)19-7-13(22)23/h9-12,14,27H,5-8,18H2,1-4H3,(H,19,24)(H,20,26)(H,21,25)(H,22,23). The van der Waals surface area contributed by atoms with Crippen molar-refractivity contribution in [3.05, 3.63) is 0 Å². The fourth-order valence-corrected chi connectivity index (χ4v) is 2.49. The Hall–Kier alpha value is -1.81. The second-order valence-corrected chi connectivity index (χ2v) is 7.32. The lowest BCUT2D eigenvalue weighted by Crippen LogP contribution is -2.57. The Kier molecular flexibility index (Phi) is 11.7. The molecule has 0 saturated carbocycles. The zero-order valence-corrected chi connectivity index (χ0v) is 17.2. The molecule has 156 valence electrons. The predicted octanol–water partition coefficient (Wildman–Crippen LogP) is -0.494. The van der Waals surface area contributed by atoms with E-state index in [1.54, 1.807) is 0 Å². The Morgan fingerprint density at radius 1 is 1.00 bits per heavy atom. The van der Waals surface area contributed by atoms with E-state index < -0.39 is 48.4 Å². The van der Waals surface area contributed by atoms with Gasteiger partial charge in [0, 0.05) is 5.75 Å². The molecule has 9 nitrogen and oxygen atoms in total. The third-order valence-corrected chi connectivity index (χ3v) is 4.49. The summed E-state index contributed by atoms with van der Waals surface area (Å²) in [5, 5.41) is 16.0. The molecule has 0 bridgehead atoms. The Morgan fingerprint density at radius 2 is 1.56 bits per heavy atom. The minimum Gasteiger partial charge on any atom is -0.480 e. The highest BCUT2D eigenvalue weighted by molar-refractivity contribution is 7.80. The van der Waals surface area contributed by atoms with E-state index in [9.17, 15) is 19.2 Å². The zero-order valence-electron chi connectivity index (χ0n) is 16.3. The smallest absolute Gasteiger partial charge is 0.322 e. The van der Waals surface area contributed by atoms with Gasteiger partial charge in [-0.25, -0.2) is 0 Å². The number of carbonyl (C=O) groups excluding carboxylic acids is 3. The first-order valence-corrected chi connectivity index (χ1v) is 9.63. The van der Waals surface area contributed by atoms with Crippen molar-refractivity contribution < 1.29 is 24.3 Å². The maximum absolute atomic E-state index is 12.6. The Labute approximate surface area is 165 Å². The van der Waals surface area contributed by atoms with Gasteiger partial charge in [0.15, 0.2) is 0 Å². The molecule has 10 heteroatoms. The van der Waals surface area contributed by atoms with Gasteiger partial charge in [0.2, 0.25) is 17.7 Å². The quantitative estimate of drug-likeness (QED) is 0.242. The second-order valence-electron chi connectivity index (χ2n) is 6.96.